The Morgan fingerprint density at radius 3 is 2.28 bits per heavy atom. The molecular weight excluding hydrogens is 247 g/mol. The highest BCUT2D eigenvalue weighted by molar-refractivity contribution is 5.46. The summed E-state index contributed by atoms with van der Waals surface area (Å²) >= 11 is 0. The molecule has 0 bridgehead atoms. The largest absolute Gasteiger partial charge is 0.522 e. The molecule has 1 aromatic rings. The summed E-state index contributed by atoms with van der Waals surface area (Å²) in [6.45, 7) is 3.50. The number of ether oxygens (including phenoxy) is 2. The van der Waals surface area contributed by atoms with Gasteiger partial charge in [-0.15, -0.1) is 13.2 Å². The first-order chi connectivity index (χ1) is 8.37. The summed E-state index contributed by atoms with van der Waals surface area (Å²) in [5.74, 6) is 0.724. The molecule has 0 aromatic heterocycles. The van der Waals surface area contributed by atoms with Crippen LogP contribution < -0.4 is 10.1 Å². The van der Waals surface area contributed by atoms with Crippen LogP contribution in [0.1, 0.15) is 13.8 Å². The first-order valence-electron chi connectivity index (χ1n) is 5.58. The second kappa shape index (κ2) is 6.49. The molecule has 18 heavy (non-hydrogen) atoms. The molecule has 0 spiro atoms. The lowest BCUT2D eigenvalue weighted by molar-refractivity contribution is -0.322. The van der Waals surface area contributed by atoms with E-state index in [0.29, 0.717) is 0 Å². The summed E-state index contributed by atoms with van der Waals surface area (Å²) in [4.78, 5) is 0. The number of halogens is 3. The molecule has 0 saturated heterocycles. The van der Waals surface area contributed by atoms with Crippen molar-refractivity contribution >= 4 is 5.69 Å². The van der Waals surface area contributed by atoms with E-state index in [0.717, 1.165) is 11.4 Å². The highest BCUT2D eigenvalue weighted by Crippen LogP contribution is 2.18. The van der Waals surface area contributed by atoms with Crippen LogP contribution in [-0.2, 0) is 4.74 Å². The predicted octanol–water partition coefficient (Wildman–Crippen LogP) is 3.42. The predicted molar refractivity (Wildman–Crippen MR) is 62.7 cm³/mol. The normalized spacial score (nSPS) is 11.7. The van der Waals surface area contributed by atoms with E-state index in [1.165, 1.54) is 0 Å². The van der Waals surface area contributed by atoms with E-state index >= 15 is 0 Å². The molecule has 0 aliphatic heterocycles. The third-order valence-electron chi connectivity index (χ3n) is 1.92. The van der Waals surface area contributed by atoms with E-state index in [2.05, 4.69) is 10.1 Å². The maximum absolute atomic E-state index is 11.7. The summed E-state index contributed by atoms with van der Waals surface area (Å²) in [6, 6.07) is 7.00. The Morgan fingerprint density at radius 2 is 1.78 bits per heavy atom. The SMILES string of the molecule is CC(C)Oc1ccc(NCCOC(F)(F)F)cc1. The zero-order valence-electron chi connectivity index (χ0n) is 10.3. The lowest BCUT2D eigenvalue weighted by atomic mass is 10.3. The fourth-order valence-corrected chi connectivity index (χ4v) is 1.29. The first kappa shape index (κ1) is 14.6. The van der Waals surface area contributed by atoms with Crippen LogP contribution in [0.4, 0.5) is 18.9 Å². The first-order valence-corrected chi connectivity index (χ1v) is 5.58. The third-order valence-corrected chi connectivity index (χ3v) is 1.92. The molecule has 0 aliphatic carbocycles. The Hall–Kier alpha value is -1.43. The van der Waals surface area contributed by atoms with Crippen molar-refractivity contribution in [1.82, 2.24) is 0 Å². The van der Waals surface area contributed by atoms with E-state index < -0.39 is 13.0 Å². The van der Waals surface area contributed by atoms with Crippen molar-refractivity contribution in [2.75, 3.05) is 18.5 Å². The Bertz CT molecular complexity index is 349. The fraction of sp³-hybridized carbons (Fsp3) is 0.500. The minimum absolute atomic E-state index is 0.0870. The van der Waals surface area contributed by atoms with Gasteiger partial charge < -0.3 is 10.1 Å². The summed E-state index contributed by atoms with van der Waals surface area (Å²) in [7, 11) is 0. The van der Waals surface area contributed by atoms with Gasteiger partial charge in [-0.25, -0.2) is 0 Å². The van der Waals surface area contributed by atoms with Gasteiger partial charge in [-0.1, -0.05) is 0 Å². The number of benzene rings is 1. The van der Waals surface area contributed by atoms with Gasteiger partial charge in [0.05, 0.1) is 12.7 Å². The molecule has 102 valence electrons. The van der Waals surface area contributed by atoms with Crippen LogP contribution in [0.3, 0.4) is 0 Å². The number of alkyl halides is 3. The molecule has 1 aromatic carbocycles. The number of hydrogen-bond acceptors (Lipinski definition) is 3. The molecular formula is C12H16F3NO2. The smallest absolute Gasteiger partial charge is 0.491 e. The zero-order valence-corrected chi connectivity index (χ0v) is 10.3. The Kier molecular flexibility index (Phi) is 5.27. The van der Waals surface area contributed by atoms with Crippen molar-refractivity contribution < 1.29 is 22.6 Å². The van der Waals surface area contributed by atoms with Gasteiger partial charge in [-0.2, -0.15) is 0 Å². The topological polar surface area (TPSA) is 30.5 Å². The molecule has 0 fully saturated rings. The molecule has 0 aliphatic rings. The van der Waals surface area contributed by atoms with Crippen molar-refractivity contribution in [2.45, 2.75) is 26.3 Å². The quantitative estimate of drug-likeness (QED) is 0.798. The van der Waals surface area contributed by atoms with Gasteiger partial charge in [0.25, 0.3) is 0 Å². The zero-order chi connectivity index (χ0) is 13.6. The Balaban J connectivity index is 2.31. The van der Waals surface area contributed by atoms with Crippen molar-refractivity contribution in [3.05, 3.63) is 24.3 Å². The molecule has 0 atom stereocenters. The molecule has 0 unspecified atom stereocenters. The van der Waals surface area contributed by atoms with Gasteiger partial charge in [0.1, 0.15) is 5.75 Å². The summed E-state index contributed by atoms with van der Waals surface area (Å²) in [5, 5.41) is 2.82. The minimum atomic E-state index is -4.57. The average molecular weight is 263 g/mol. The highest BCUT2D eigenvalue weighted by Gasteiger charge is 2.28. The molecule has 6 heteroatoms. The second-order valence-electron chi connectivity index (χ2n) is 3.91. The molecule has 0 saturated carbocycles. The minimum Gasteiger partial charge on any atom is -0.491 e. The monoisotopic (exact) mass is 263 g/mol. The summed E-state index contributed by atoms with van der Waals surface area (Å²) in [6.07, 6.45) is -4.49. The van der Waals surface area contributed by atoms with Crippen LogP contribution in [0.5, 0.6) is 5.75 Å². The average Bonchev–Trinajstić information content (AvgIpc) is 2.24. The van der Waals surface area contributed by atoms with Crippen molar-refractivity contribution in [3.63, 3.8) is 0 Å². The fourth-order valence-electron chi connectivity index (χ4n) is 1.29. The number of hydrogen-bond donors (Lipinski definition) is 1. The second-order valence-corrected chi connectivity index (χ2v) is 3.91. The van der Waals surface area contributed by atoms with E-state index in [4.69, 9.17) is 4.74 Å². The molecule has 0 radical (unpaired) electrons. The van der Waals surface area contributed by atoms with Crippen LogP contribution in [-0.4, -0.2) is 25.6 Å². The van der Waals surface area contributed by atoms with Gasteiger partial charge >= 0.3 is 6.36 Å². The van der Waals surface area contributed by atoms with E-state index in [1.54, 1.807) is 24.3 Å². The van der Waals surface area contributed by atoms with Gasteiger partial charge in [-0.3, -0.25) is 4.74 Å². The number of rotatable bonds is 6. The highest BCUT2D eigenvalue weighted by atomic mass is 19.4. The summed E-state index contributed by atoms with van der Waals surface area (Å²) in [5.41, 5.74) is 0.719. The van der Waals surface area contributed by atoms with Crippen molar-refractivity contribution in [3.8, 4) is 5.75 Å². The molecule has 1 rings (SSSR count). The maximum atomic E-state index is 11.7. The Morgan fingerprint density at radius 1 is 1.17 bits per heavy atom. The van der Waals surface area contributed by atoms with Crippen LogP contribution in [0.15, 0.2) is 24.3 Å². The van der Waals surface area contributed by atoms with Gasteiger partial charge in [0, 0.05) is 12.2 Å². The standard InChI is InChI=1S/C12H16F3NO2/c1-9(2)18-11-5-3-10(4-6-11)16-7-8-17-12(13,14)15/h3-6,9,16H,7-8H2,1-2H3. The molecule has 1 N–H and O–H groups in total. The molecule has 0 heterocycles. The van der Waals surface area contributed by atoms with Crippen LogP contribution in [0.25, 0.3) is 0 Å². The van der Waals surface area contributed by atoms with E-state index in [-0.39, 0.29) is 12.6 Å². The number of anilines is 1. The van der Waals surface area contributed by atoms with Crippen molar-refractivity contribution in [2.24, 2.45) is 0 Å². The maximum Gasteiger partial charge on any atom is 0.522 e. The van der Waals surface area contributed by atoms with Crippen molar-refractivity contribution in [1.29, 1.82) is 0 Å². The van der Waals surface area contributed by atoms with Gasteiger partial charge in [0.15, 0.2) is 0 Å². The van der Waals surface area contributed by atoms with Crippen LogP contribution in [0, 0.1) is 0 Å². The van der Waals surface area contributed by atoms with E-state index in [9.17, 15) is 13.2 Å². The lowest BCUT2D eigenvalue weighted by Crippen LogP contribution is -2.19. The summed E-state index contributed by atoms with van der Waals surface area (Å²) < 4.78 is 44.1. The third kappa shape index (κ3) is 6.34. The van der Waals surface area contributed by atoms with E-state index in [1.807, 2.05) is 13.8 Å². The Labute approximate surface area is 104 Å². The molecule has 3 nitrogen and oxygen atoms in total. The van der Waals surface area contributed by atoms with Gasteiger partial charge in [-0.05, 0) is 38.1 Å². The van der Waals surface area contributed by atoms with Gasteiger partial charge in [0.2, 0.25) is 0 Å². The lowest BCUT2D eigenvalue weighted by Gasteiger charge is -2.11. The van der Waals surface area contributed by atoms with Crippen LogP contribution in [0.2, 0.25) is 0 Å². The molecule has 0 amide bonds. The number of nitrogens with one attached hydrogen (secondary N) is 1. The van der Waals surface area contributed by atoms with Crippen LogP contribution >= 0.6 is 0 Å².